The zero-order valence-electron chi connectivity index (χ0n) is 14.6. The predicted molar refractivity (Wildman–Crippen MR) is 91.0 cm³/mol. The van der Waals surface area contributed by atoms with E-state index < -0.39 is 0 Å². The van der Waals surface area contributed by atoms with Crippen LogP contribution in [-0.2, 0) is 33.1 Å². The van der Waals surface area contributed by atoms with Gasteiger partial charge in [-0.15, -0.1) is 0 Å². The zero-order chi connectivity index (χ0) is 16.2. The lowest BCUT2D eigenvalue weighted by Crippen LogP contribution is -2.20. The molecule has 0 atom stereocenters. The van der Waals surface area contributed by atoms with Crippen molar-refractivity contribution in [3.63, 3.8) is 0 Å². The lowest BCUT2D eigenvalue weighted by Gasteiger charge is -2.14. The molecule has 1 aliphatic heterocycles. The third kappa shape index (κ3) is 4.42. The van der Waals surface area contributed by atoms with Crippen LogP contribution in [0.15, 0.2) is 18.5 Å². The van der Waals surface area contributed by atoms with Gasteiger partial charge in [0.25, 0.3) is 0 Å². The molecule has 0 unspecified atom stereocenters. The summed E-state index contributed by atoms with van der Waals surface area (Å²) in [6.45, 7) is 5.22. The highest BCUT2D eigenvalue weighted by Crippen LogP contribution is 2.13. The van der Waals surface area contributed by atoms with E-state index in [0.29, 0.717) is 0 Å². The van der Waals surface area contributed by atoms with Gasteiger partial charge >= 0.3 is 0 Å². The number of hydrogen-bond donors (Lipinski definition) is 0. The summed E-state index contributed by atoms with van der Waals surface area (Å²) < 4.78 is 4.07. The molecule has 0 saturated carbocycles. The van der Waals surface area contributed by atoms with Gasteiger partial charge in [0, 0.05) is 39.4 Å². The lowest BCUT2D eigenvalue weighted by atomic mass is 10.2. The van der Waals surface area contributed by atoms with Crippen LogP contribution in [0.2, 0.25) is 0 Å². The van der Waals surface area contributed by atoms with E-state index in [9.17, 15) is 0 Å². The maximum atomic E-state index is 4.79. The molecule has 6 nitrogen and oxygen atoms in total. The van der Waals surface area contributed by atoms with Crippen LogP contribution in [0.1, 0.15) is 29.8 Å². The van der Waals surface area contributed by atoms with Gasteiger partial charge in [0.05, 0.1) is 17.6 Å². The highest BCUT2D eigenvalue weighted by Gasteiger charge is 2.14. The summed E-state index contributed by atoms with van der Waals surface area (Å²) >= 11 is 0. The second kappa shape index (κ2) is 7.27. The molecule has 0 fully saturated rings. The second-order valence-corrected chi connectivity index (χ2v) is 6.81. The highest BCUT2D eigenvalue weighted by atomic mass is 15.3. The fraction of sp³-hybridized carbons (Fsp3) is 0.647. The number of nitrogens with zero attached hydrogens (tertiary/aromatic N) is 6. The van der Waals surface area contributed by atoms with Crippen LogP contribution in [0.3, 0.4) is 0 Å². The third-order valence-electron chi connectivity index (χ3n) is 4.45. The number of aromatic nitrogens is 4. The fourth-order valence-corrected chi connectivity index (χ4v) is 3.27. The highest BCUT2D eigenvalue weighted by molar-refractivity contribution is 5.11. The number of hydrogen-bond acceptors (Lipinski definition) is 4. The first kappa shape index (κ1) is 16.2. The topological polar surface area (TPSA) is 42.1 Å². The van der Waals surface area contributed by atoms with E-state index in [1.54, 1.807) is 0 Å². The Morgan fingerprint density at radius 2 is 2.13 bits per heavy atom. The van der Waals surface area contributed by atoms with E-state index in [0.717, 1.165) is 45.6 Å². The molecule has 126 valence electrons. The smallest absolute Gasteiger partial charge is 0.0768 e. The summed E-state index contributed by atoms with van der Waals surface area (Å²) in [4.78, 5) is 4.74. The Hall–Kier alpha value is -1.66. The summed E-state index contributed by atoms with van der Waals surface area (Å²) in [5.74, 6) is 0. The van der Waals surface area contributed by atoms with Gasteiger partial charge in [-0.2, -0.15) is 10.2 Å². The molecule has 2 aromatic rings. The predicted octanol–water partition coefficient (Wildman–Crippen LogP) is 1.52. The van der Waals surface area contributed by atoms with E-state index in [1.807, 2.05) is 17.9 Å². The Balaban J connectivity index is 1.48. The van der Waals surface area contributed by atoms with Gasteiger partial charge in [-0.3, -0.25) is 9.36 Å². The first-order chi connectivity index (χ1) is 11.1. The molecule has 23 heavy (non-hydrogen) atoms. The van der Waals surface area contributed by atoms with Crippen LogP contribution in [-0.4, -0.2) is 56.5 Å². The summed E-state index contributed by atoms with van der Waals surface area (Å²) in [6.07, 6.45) is 7.48. The molecule has 3 heterocycles. The maximum Gasteiger partial charge on any atom is 0.0768 e. The van der Waals surface area contributed by atoms with Crippen molar-refractivity contribution in [3.8, 4) is 0 Å². The Kier molecular flexibility index (Phi) is 5.13. The van der Waals surface area contributed by atoms with Gasteiger partial charge in [-0.25, -0.2) is 0 Å². The second-order valence-electron chi connectivity index (χ2n) is 6.81. The molecule has 3 rings (SSSR count). The van der Waals surface area contributed by atoms with E-state index in [1.165, 1.54) is 23.4 Å². The summed E-state index contributed by atoms with van der Waals surface area (Å²) in [7, 11) is 6.34. The van der Waals surface area contributed by atoms with Crippen LogP contribution >= 0.6 is 0 Å². The maximum absolute atomic E-state index is 4.79. The average molecular weight is 316 g/mol. The Bertz CT molecular complexity index is 629. The molecule has 0 N–H and O–H groups in total. The third-order valence-corrected chi connectivity index (χ3v) is 4.45. The minimum absolute atomic E-state index is 0.927. The van der Waals surface area contributed by atoms with Gasteiger partial charge in [0.15, 0.2) is 0 Å². The summed E-state index contributed by atoms with van der Waals surface area (Å²) in [6, 6.07) is 2.28. The molecule has 0 aliphatic carbocycles. The summed E-state index contributed by atoms with van der Waals surface area (Å²) in [5.41, 5.74) is 3.86. The van der Waals surface area contributed by atoms with Crippen molar-refractivity contribution in [1.82, 2.24) is 29.4 Å². The van der Waals surface area contributed by atoms with E-state index in [-0.39, 0.29) is 0 Å². The first-order valence-corrected chi connectivity index (χ1v) is 8.50. The van der Waals surface area contributed by atoms with Gasteiger partial charge < -0.3 is 9.80 Å². The van der Waals surface area contributed by atoms with Crippen LogP contribution in [0.25, 0.3) is 0 Å². The molecule has 0 amide bonds. The first-order valence-electron chi connectivity index (χ1n) is 8.50. The molecule has 1 aliphatic rings. The van der Waals surface area contributed by atoms with Crippen LogP contribution in [0.4, 0.5) is 0 Å². The van der Waals surface area contributed by atoms with Crippen molar-refractivity contribution in [2.75, 3.05) is 27.2 Å². The van der Waals surface area contributed by atoms with Gasteiger partial charge in [0.2, 0.25) is 0 Å². The number of rotatable bonds is 6. The number of aryl methyl sites for hydroxylation is 3. The lowest BCUT2D eigenvalue weighted by molar-refractivity contribution is 0.315. The van der Waals surface area contributed by atoms with E-state index in [4.69, 9.17) is 5.10 Å². The van der Waals surface area contributed by atoms with E-state index in [2.05, 4.69) is 45.9 Å². The van der Waals surface area contributed by atoms with E-state index >= 15 is 0 Å². The van der Waals surface area contributed by atoms with Crippen molar-refractivity contribution >= 4 is 0 Å². The van der Waals surface area contributed by atoms with Crippen molar-refractivity contribution in [1.29, 1.82) is 0 Å². The Labute approximate surface area is 138 Å². The van der Waals surface area contributed by atoms with Crippen molar-refractivity contribution in [2.45, 2.75) is 38.9 Å². The Morgan fingerprint density at radius 1 is 1.26 bits per heavy atom. The molecule has 2 aromatic heterocycles. The minimum Gasteiger partial charge on any atom is -0.300 e. The molecule has 6 heteroatoms. The molecular formula is C17H28N6. The molecule has 0 bridgehead atoms. The largest absolute Gasteiger partial charge is 0.300 e. The van der Waals surface area contributed by atoms with Crippen molar-refractivity contribution < 1.29 is 0 Å². The normalized spacial score (nSPS) is 15.8. The van der Waals surface area contributed by atoms with Crippen molar-refractivity contribution in [3.05, 3.63) is 35.4 Å². The SMILES string of the molecule is CN(CCCc1cnn(C)c1)Cc1cc2n(n1)CCCN(C)C2. The van der Waals surface area contributed by atoms with Crippen LogP contribution < -0.4 is 0 Å². The molecule has 0 saturated heterocycles. The number of fused-ring (bicyclic) bond motifs is 1. The molecule has 0 spiro atoms. The standard InChI is InChI=1S/C17H28N6/c1-20(7-4-6-15-11-18-22(3)12-15)13-16-10-17-14-21(2)8-5-9-23(17)19-16/h10-12H,4-9,13-14H2,1-3H3. The molecular weight excluding hydrogens is 288 g/mol. The fourth-order valence-electron chi connectivity index (χ4n) is 3.27. The zero-order valence-corrected chi connectivity index (χ0v) is 14.6. The minimum atomic E-state index is 0.927. The molecule has 0 radical (unpaired) electrons. The van der Waals surface area contributed by atoms with Gasteiger partial charge in [-0.1, -0.05) is 0 Å². The average Bonchev–Trinajstić information content (AvgIpc) is 3.01. The molecule has 0 aromatic carbocycles. The van der Waals surface area contributed by atoms with Crippen molar-refractivity contribution in [2.24, 2.45) is 7.05 Å². The van der Waals surface area contributed by atoms with Gasteiger partial charge in [0.1, 0.15) is 0 Å². The van der Waals surface area contributed by atoms with Crippen LogP contribution in [0.5, 0.6) is 0 Å². The van der Waals surface area contributed by atoms with Gasteiger partial charge in [-0.05, 0) is 51.5 Å². The summed E-state index contributed by atoms with van der Waals surface area (Å²) in [5, 5.41) is 9.01. The van der Waals surface area contributed by atoms with Crippen LogP contribution in [0, 0.1) is 0 Å². The quantitative estimate of drug-likeness (QED) is 0.810. The monoisotopic (exact) mass is 316 g/mol. The Morgan fingerprint density at radius 3 is 2.91 bits per heavy atom.